The summed E-state index contributed by atoms with van der Waals surface area (Å²) < 4.78 is 36.0. The van der Waals surface area contributed by atoms with E-state index in [9.17, 15) is 8.78 Å². The summed E-state index contributed by atoms with van der Waals surface area (Å²) in [5.74, 6) is -1.57. The van der Waals surface area contributed by atoms with Crippen LogP contribution in [0, 0.1) is 11.6 Å². The van der Waals surface area contributed by atoms with Gasteiger partial charge in [-0.2, -0.15) is 4.98 Å². The van der Waals surface area contributed by atoms with Crippen molar-refractivity contribution in [2.45, 2.75) is 13.0 Å². The summed E-state index contributed by atoms with van der Waals surface area (Å²) in [6, 6.07) is 2.81. The zero-order chi connectivity index (χ0) is 13.8. The molecule has 0 bridgehead atoms. The van der Waals surface area contributed by atoms with Crippen molar-refractivity contribution in [2.24, 2.45) is 5.73 Å². The van der Waals surface area contributed by atoms with Gasteiger partial charge in [-0.25, -0.2) is 8.78 Å². The van der Waals surface area contributed by atoms with Crippen molar-refractivity contribution in [1.29, 1.82) is 0 Å². The molecule has 0 saturated carbocycles. The number of aromatic nitrogens is 2. The van der Waals surface area contributed by atoms with Gasteiger partial charge >= 0.3 is 0 Å². The van der Waals surface area contributed by atoms with Crippen LogP contribution in [-0.4, -0.2) is 23.4 Å². The molecule has 5 nitrogen and oxygen atoms in total. The predicted molar refractivity (Wildman–Crippen MR) is 63.1 cm³/mol. The highest BCUT2D eigenvalue weighted by atomic mass is 19.2. The van der Waals surface area contributed by atoms with Gasteiger partial charge in [-0.05, 0) is 25.1 Å². The van der Waals surface area contributed by atoms with Gasteiger partial charge < -0.3 is 15.0 Å². The van der Waals surface area contributed by atoms with Crippen molar-refractivity contribution in [1.82, 2.24) is 10.1 Å². The van der Waals surface area contributed by atoms with Crippen LogP contribution in [-0.2, 0) is 4.74 Å². The fourth-order valence-corrected chi connectivity index (χ4v) is 1.45. The maximum atomic E-state index is 13.1. The second kappa shape index (κ2) is 5.85. The third-order valence-corrected chi connectivity index (χ3v) is 2.44. The zero-order valence-electron chi connectivity index (χ0n) is 10.3. The maximum absolute atomic E-state index is 13.1. The summed E-state index contributed by atoms with van der Waals surface area (Å²) in [5.41, 5.74) is 6.08. The molecule has 0 radical (unpaired) electrons. The van der Waals surface area contributed by atoms with E-state index in [1.165, 1.54) is 6.07 Å². The highest BCUT2D eigenvalue weighted by molar-refractivity contribution is 5.52. The van der Waals surface area contributed by atoms with E-state index < -0.39 is 17.7 Å². The number of halogens is 2. The topological polar surface area (TPSA) is 74.2 Å². The van der Waals surface area contributed by atoms with Gasteiger partial charge in [0.25, 0.3) is 5.89 Å². The van der Waals surface area contributed by atoms with Crippen molar-refractivity contribution < 1.29 is 18.0 Å². The molecule has 0 aliphatic carbocycles. The molecular weight excluding hydrogens is 256 g/mol. The molecule has 1 atom stereocenters. The predicted octanol–water partition coefficient (Wildman–Crippen LogP) is 2.05. The minimum absolute atomic E-state index is 0.0841. The molecule has 19 heavy (non-hydrogen) atoms. The normalized spacial score (nSPS) is 12.6. The van der Waals surface area contributed by atoms with Crippen molar-refractivity contribution >= 4 is 0 Å². The summed E-state index contributed by atoms with van der Waals surface area (Å²) >= 11 is 0. The summed E-state index contributed by atoms with van der Waals surface area (Å²) in [6.45, 7) is 2.63. The third kappa shape index (κ3) is 3.12. The van der Waals surface area contributed by atoms with Gasteiger partial charge in [0.2, 0.25) is 0 Å². The van der Waals surface area contributed by atoms with E-state index in [-0.39, 0.29) is 18.3 Å². The fraction of sp³-hybridized carbons (Fsp3) is 0.333. The molecule has 1 aromatic heterocycles. The number of nitrogens with two attached hydrogens (primary N) is 1. The first-order valence-corrected chi connectivity index (χ1v) is 5.74. The van der Waals surface area contributed by atoms with Crippen LogP contribution in [0.15, 0.2) is 22.7 Å². The Hall–Kier alpha value is -1.86. The van der Waals surface area contributed by atoms with E-state index >= 15 is 0 Å². The molecule has 102 valence electrons. The van der Waals surface area contributed by atoms with Crippen LogP contribution in [0.4, 0.5) is 8.78 Å². The molecule has 0 fully saturated rings. The quantitative estimate of drug-likeness (QED) is 0.899. The summed E-state index contributed by atoms with van der Waals surface area (Å²) in [6.07, 6.45) is 0. The van der Waals surface area contributed by atoms with E-state index in [0.717, 1.165) is 12.1 Å². The molecule has 1 aromatic carbocycles. The van der Waals surface area contributed by atoms with E-state index in [2.05, 4.69) is 10.1 Å². The largest absolute Gasteiger partial charge is 0.380 e. The first-order chi connectivity index (χ1) is 9.11. The van der Waals surface area contributed by atoms with E-state index in [0.29, 0.717) is 12.2 Å². The van der Waals surface area contributed by atoms with Gasteiger partial charge in [0.1, 0.15) is 0 Å². The van der Waals surface area contributed by atoms with Crippen molar-refractivity contribution in [3.05, 3.63) is 35.7 Å². The maximum Gasteiger partial charge on any atom is 0.258 e. The lowest BCUT2D eigenvalue weighted by molar-refractivity contribution is 0.130. The molecule has 1 unspecified atom stereocenters. The second-order valence-corrected chi connectivity index (χ2v) is 3.85. The lowest BCUT2D eigenvalue weighted by atomic mass is 10.2. The number of benzene rings is 1. The number of hydrogen-bond donors (Lipinski definition) is 1. The average Bonchev–Trinajstić information content (AvgIpc) is 2.89. The van der Waals surface area contributed by atoms with Crippen LogP contribution in [0.5, 0.6) is 0 Å². The summed E-state index contributed by atoms with van der Waals surface area (Å²) in [7, 11) is 0. The molecule has 2 N–H and O–H groups in total. The highest BCUT2D eigenvalue weighted by Gasteiger charge is 2.16. The second-order valence-electron chi connectivity index (χ2n) is 3.85. The van der Waals surface area contributed by atoms with Gasteiger partial charge in [-0.15, -0.1) is 0 Å². The minimum atomic E-state index is -0.976. The van der Waals surface area contributed by atoms with Crippen molar-refractivity contribution in [3.63, 3.8) is 0 Å². The van der Waals surface area contributed by atoms with Crippen molar-refractivity contribution in [2.75, 3.05) is 13.2 Å². The monoisotopic (exact) mass is 269 g/mol. The van der Waals surface area contributed by atoms with Gasteiger partial charge in [0, 0.05) is 12.2 Å². The molecule has 0 saturated heterocycles. The Morgan fingerprint density at radius 3 is 2.84 bits per heavy atom. The SMILES string of the molecule is CCOCC(N)c1noc(-c2ccc(F)c(F)c2)n1. The standard InChI is InChI=1S/C12H13F2N3O2/c1-2-18-6-10(15)11-16-12(19-17-11)7-3-4-8(13)9(14)5-7/h3-5,10H,2,6,15H2,1H3. The van der Waals surface area contributed by atoms with Crippen LogP contribution < -0.4 is 5.73 Å². The highest BCUT2D eigenvalue weighted by Crippen LogP contribution is 2.21. The first-order valence-electron chi connectivity index (χ1n) is 5.74. The zero-order valence-corrected chi connectivity index (χ0v) is 10.3. The van der Waals surface area contributed by atoms with Crippen LogP contribution in [0.1, 0.15) is 18.8 Å². The van der Waals surface area contributed by atoms with E-state index in [1.807, 2.05) is 6.92 Å². The van der Waals surface area contributed by atoms with E-state index in [1.54, 1.807) is 0 Å². The molecule has 2 rings (SSSR count). The molecule has 2 aromatic rings. The molecule has 1 heterocycles. The molecule has 0 aliphatic heterocycles. The third-order valence-electron chi connectivity index (χ3n) is 2.44. The Balaban J connectivity index is 2.18. The van der Waals surface area contributed by atoms with Crippen LogP contribution in [0.25, 0.3) is 11.5 Å². The Bertz CT molecular complexity index is 560. The lowest BCUT2D eigenvalue weighted by Gasteiger charge is -2.05. The average molecular weight is 269 g/mol. The van der Waals surface area contributed by atoms with Crippen LogP contribution in [0.3, 0.4) is 0 Å². The Morgan fingerprint density at radius 1 is 1.37 bits per heavy atom. The smallest absolute Gasteiger partial charge is 0.258 e. The van der Waals surface area contributed by atoms with E-state index in [4.69, 9.17) is 15.0 Å². The fourth-order valence-electron chi connectivity index (χ4n) is 1.45. The Labute approximate surface area is 108 Å². The molecule has 0 spiro atoms. The molecular formula is C12H13F2N3O2. The summed E-state index contributed by atoms with van der Waals surface area (Å²) in [4.78, 5) is 4.03. The number of nitrogens with zero attached hydrogens (tertiary/aromatic N) is 2. The van der Waals surface area contributed by atoms with Gasteiger partial charge in [-0.3, -0.25) is 0 Å². The summed E-state index contributed by atoms with van der Waals surface area (Å²) in [5, 5.41) is 3.69. The van der Waals surface area contributed by atoms with Gasteiger partial charge in [-0.1, -0.05) is 5.16 Å². The number of ether oxygens (including phenoxy) is 1. The molecule has 0 amide bonds. The van der Waals surface area contributed by atoms with Crippen LogP contribution in [0.2, 0.25) is 0 Å². The number of rotatable bonds is 5. The van der Waals surface area contributed by atoms with Gasteiger partial charge in [0.15, 0.2) is 17.5 Å². The first kappa shape index (κ1) is 13.6. The Kier molecular flexibility index (Phi) is 4.18. The molecule has 7 heteroatoms. The number of hydrogen-bond acceptors (Lipinski definition) is 5. The minimum Gasteiger partial charge on any atom is -0.380 e. The Morgan fingerprint density at radius 2 is 2.16 bits per heavy atom. The van der Waals surface area contributed by atoms with Crippen molar-refractivity contribution in [3.8, 4) is 11.5 Å². The lowest BCUT2D eigenvalue weighted by Crippen LogP contribution is -2.18. The van der Waals surface area contributed by atoms with Gasteiger partial charge in [0.05, 0.1) is 12.6 Å². The van der Waals surface area contributed by atoms with Crippen LogP contribution >= 0.6 is 0 Å². The molecule has 0 aliphatic rings.